The number of benzene rings is 3. The van der Waals surface area contributed by atoms with Crippen molar-refractivity contribution in [1.82, 2.24) is 9.80 Å². The molecule has 0 aliphatic carbocycles. The number of hydrogen-bond acceptors (Lipinski definition) is 4. The summed E-state index contributed by atoms with van der Waals surface area (Å²) in [4.78, 5) is 27.4. The molecule has 1 saturated heterocycles. The fraction of sp³-hybridized carbons (Fsp3) is 0.192. The van der Waals surface area contributed by atoms with Crippen molar-refractivity contribution in [3.8, 4) is 0 Å². The van der Waals surface area contributed by atoms with Gasteiger partial charge in [0.15, 0.2) is 0 Å². The highest BCUT2D eigenvalue weighted by Crippen LogP contribution is 2.29. The molecule has 6 nitrogen and oxygen atoms in total. The van der Waals surface area contributed by atoms with Gasteiger partial charge in [0.1, 0.15) is 0 Å². The van der Waals surface area contributed by atoms with Crippen molar-refractivity contribution in [2.24, 2.45) is 0 Å². The summed E-state index contributed by atoms with van der Waals surface area (Å²) < 4.78 is 0. The maximum absolute atomic E-state index is 12.7. The van der Waals surface area contributed by atoms with Crippen molar-refractivity contribution < 1.29 is 9.72 Å². The van der Waals surface area contributed by atoms with E-state index in [1.165, 1.54) is 29.3 Å². The van der Waals surface area contributed by atoms with E-state index >= 15 is 0 Å². The molecule has 1 amide bonds. The lowest BCUT2D eigenvalue weighted by atomic mass is 9.96. The van der Waals surface area contributed by atoms with E-state index in [1.54, 1.807) is 18.2 Å². The van der Waals surface area contributed by atoms with Gasteiger partial charge in [0.05, 0.1) is 11.0 Å². The number of hydrogen-bond donors (Lipinski definition) is 0. The summed E-state index contributed by atoms with van der Waals surface area (Å²) in [7, 11) is 0. The second kappa shape index (κ2) is 10.0. The van der Waals surface area contributed by atoms with Gasteiger partial charge in [-0.2, -0.15) is 0 Å². The van der Waals surface area contributed by atoms with E-state index in [9.17, 15) is 14.9 Å². The van der Waals surface area contributed by atoms with Crippen LogP contribution in [0.15, 0.2) is 91.0 Å². The summed E-state index contributed by atoms with van der Waals surface area (Å²) in [6.07, 6.45) is 3.14. The smallest absolute Gasteiger partial charge is 0.270 e. The molecule has 0 bridgehead atoms. The topological polar surface area (TPSA) is 66.7 Å². The number of carbonyl (C=O) groups excluding carboxylic acids is 1. The lowest BCUT2D eigenvalue weighted by Gasteiger charge is -2.39. The average Bonchev–Trinajstić information content (AvgIpc) is 2.85. The number of nitro benzene ring substituents is 1. The molecular formula is C26H25N3O3. The zero-order valence-electron chi connectivity index (χ0n) is 17.7. The van der Waals surface area contributed by atoms with Crippen LogP contribution in [0.2, 0.25) is 0 Å². The second-order valence-electron chi connectivity index (χ2n) is 7.77. The first kappa shape index (κ1) is 21.5. The minimum absolute atomic E-state index is 0.0149. The van der Waals surface area contributed by atoms with Gasteiger partial charge in [0.25, 0.3) is 5.69 Å². The van der Waals surface area contributed by atoms with Crippen molar-refractivity contribution in [2.75, 3.05) is 26.2 Å². The summed E-state index contributed by atoms with van der Waals surface area (Å²) >= 11 is 0. The highest BCUT2D eigenvalue weighted by molar-refractivity contribution is 5.92. The molecule has 0 saturated carbocycles. The fourth-order valence-corrected chi connectivity index (χ4v) is 4.10. The maximum atomic E-state index is 12.7. The third-order valence-corrected chi connectivity index (χ3v) is 5.72. The van der Waals surface area contributed by atoms with E-state index in [2.05, 4.69) is 53.4 Å². The van der Waals surface area contributed by atoms with Gasteiger partial charge in [-0.3, -0.25) is 19.8 Å². The lowest BCUT2D eigenvalue weighted by Crippen LogP contribution is -2.49. The molecule has 32 heavy (non-hydrogen) atoms. The monoisotopic (exact) mass is 427 g/mol. The number of carbonyl (C=O) groups is 1. The Morgan fingerprint density at radius 3 is 2.00 bits per heavy atom. The molecule has 1 fully saturated rings. The van der Waals surface area contributed by atoms with Crippen LogP contribution in [-0.2, 0) is 4.79 Å². The zero-order chi connectivity index (χ0) is 22.3. The van der Waals surface area contributed by atoms with Crippen LogP contribution in [0.3, 0.4) is 0 Å². The molecular weight excluding hydrogens is 402 g/mol. The van der Waals surface area contributed by atoms with E-state index in [1.807, 2.05) is 17.0 Å². The summed E-state index contributed by atoms with van der Waals surface area (Å²) in [5.41, 5.74) is 3.13. The summed E-state index contributed by atoms with van der Waals surface area (Å²) in [6, 6.07) is 27.3. The Kier molecular flexibility index (Phi) is 6.72. The van der Waals surface area contributed by atoms with Gasteiger partial charge >= 0.3 is 0 Å². The summed E-state index contributed by atoms with van der Waals surface area (Å²) in [5, 5.41) is 10.9. The van der Waals surface area contributed by atoms with Gasteiger partial charge in [0.2, 0.25) is 5.91 Å². The number of rotatable bonds is 6. The Balaban J connectivity index is 1.43. The van der Waals surface area contributed by atoms with Crippen LogP contribution in [0.5, 0.6) is 0 Å². The highest BCUT2D eigenvalue weighted by Gasteiger charge is 2.27. The number of nitrogens with zero attached hydrogens (tertiary/aromatic N) is 3. The quantitative estimate of drug-likeness (QED) is 0.329. The van der Waals surface area contributed by atoms with Gasteiger partial charge in [0, 0.05) is 44.4 Å². The highest BCUT2D eigenvalue weighted by atomic mass is 16.6. The van der Waals surface area contributed by atoms with E-state index in [-0.39, 0.29) is 17.6 Å². The molecule has 1 heterocycles. The molecule has 3 aromatic rings. The van der Waals surface area contributed by atoms with Gasteiger partial charge in [-0.15, -0.1) is 0 Å². The van der Waals surface area contributed by atoms with Crippen molar-refractivity contribution in [3.05, 3.63) is 118 Å². The van der Waals surface area contributed by atoms with Gasteiger partial charge in [-0.1, -0.05) is 72.8 Å². The molecule has 0 unspecified atom stereocenters. The summed E-state index contributed by atoms with van der Waals surface area (Å²) in [5.74, 6) is -0.0767. The number of nitro groups is 1. The first-order valence-corrected chi connectivity index (χ1v) is 10.7. The number of piperazine rings is 1. The summed E-state index contributed by atoms with van der Waals surface area (Å²) in [6.45, 7) is 2.80. The molecule has 3 aromatic carbocycles. The Morgan fingerprint density at radius 1 is 0.844 bits per heavy atom. The van der Waals surface area contributed by atoms with Crippen LogP contribution in [0, 0.1) is 10.1 Å². The Morgan fingerprint density at radius 2 is 1.44 bits per heavy atom. The molecule has 1 aliphatic heterocycles. The van der Waals surface area contributed by atoms with Crippen LogP contribution < -0.4 is 0 Å². The van der Waals surface area contributed by atoms with E-state index in [0.717, 1.165) is 13.1 Å². The SMILES string of the molecule is O=C(C=Cc1cccc([N+](=O)[O-])c1)N1CCN(C(c2ccccc2)c2ccccc2)CC1. The average molecular weight is 428 g/mol. The van der Waals surface area contributed by atoms with Gasteiger partial charge in [-0.25, -0.2) is 0 Å². The van der Waals surface area contributed by atoms with Crippen LogP contribution in [0.4, 0.5) is 5.69 Å². The molecule has 0 spiro atoms. The van der Waals surface area contributed by atoms with E-state index < -0.39 is 4.92 Å². The predicted molar refractivity (Wildman–Crippen MR) is 125 cm³/mol. The molecule has 0 atom stereocenters. The van der Waals surface area contributed by atoms with Crippen LogP contribution in [-0.4, -0.2) is 46.8 Å². The van der Waals surface area contributed by atoms with Crippen LogP contribution >= 0.6 is 0 Å². The largest absolute Gasteiger partial charge is 0.337 e. The minimum Gasteiger partial charge on any atom is -0.337 e. The lowest BCUT2D eigenvalue weighted by molar-refractivity contribution is -0.384. The Labute approximate surface area is 187 Å². The molecule has 0 radical (unpaired) electrons. The Bertz CT molecular complexity index is 1050. The van der Waals surface area contributed by atoms with Gasteiger partial charge in [-0.05, 0) is 22.8 Å². The molecule has 6 heteroatoms. The van der Waals surface area contributed by atoms with Crippen molar-refractivity contribution in [2.45, 2.75) is 6.04 Å². The third-order valence-electron chi connectivity index (χ3n) is 5.72. The predicted octanol–water partition coefficient (Wildman–Crippen LogP) is 4.54. The third kappa shape index (κ3) is 5.10. The normalized spacial score (nSPS) is 14.7. The van der Waals surface area contributed by atoms with Crippen molar-refractivity contribution >= 4 is 17.7 Å². The van der Waals surface area contributed by atoms with E-state index in [0.29, 0.717) is 18.7 Å². The molecule has 0 N–H and O–H groups in total. The fourth-order valence-electron chi connectivity index (χ4n) is 4.10. The van der Waals surface area contributed by atoms with Crippen LogP contribution in [0.25, 0.3) is 6.08 Å². The molecule has 0 aromatic heterocycles. The first-order chi connectivity index (χ1) is 15.6. The number of non-ortho nitro benzene ring substituents is 1. The van der Waals surface area contributed by atoms with Crippen LogP contribution in [0.1, 0.15) is 22.7 Å². The minimum atomic E-state index is -0.436. The standard InChI is InChI=1S/C26H25N3O3/c30-25(15-14-21-8-7-13-24(20-21)29(31)32)27-16-18-28(19-17-27)26(22-9-3-1-4-10-22)23-11-5-2-6-12-23/h1-15,20,26H,16-19H2. The maximum Gasteiger partial charge on any atom is 0.270 e. The van der Waals surface area contributed by atoms with Crippen molar-refractivity contribution in [1.29, 1.82) is 0 Å². The zero-order valence-corrected chi connectivity index (χ0v) is 17.7. The number of amides is 1. The Hall–Kier alpha value is -3.77. The first-order valence-electron chi connectivity index (χ1n) is 10.7. The van der Waals surface area contributed by atoms with Crippen molar-refractivity contribution in [3.63, 3.8) is 0 Å². The van der Waals surface area contributed by atoms with E-state index in [4.69, 9.17) is 0 Å². The van der Waals surface area contributed by atoms with Gasteiger partial charge < -0.3 is 4.90 Å². The molecule has 4 rings (SSSR count). The molecule has 162 valence electrons. The molecule has 1 aliphatic rings. The second-order valence-corrected chi connectivity index (χ2v) is 7.77.